The van der Waals surface area contributed by atoms with Crippen LogP contribution in [0, 0.1) is 0 Å². The molecule has 1 aliphatic heterocycles. The van der Waals surface area contributed by atoms with Crippen molar-refractivity contribution in [1.82, 2.24) is 0 Å². The lowest BCUT2D eigenvalue weighted by Gasteiger charge is -2.18. The highest BCUT2D eigenvalue weighted by molar-refractivity contribution is 7.79. The predicted octanol–water partition coefficient (Wildman–Crippen LogP) is 3.39. The summed E-state index contributed by atoms with van der Waals surface area (Å²) in [5.74, 6) is 0. The first-order chi connectivity index (χ1) is 11.4. The van der Waals surface area contributed by atoms with Gasteiger partial charge < -0.3 is 0 Å². The molecule has 4 rings (SSSR count). The van der Waals surface area contributed by atoms with Gasteiger partial charge in [-0.2, -0.15) is 0 Å². The number of benzene rings is 3. The zero-order valence-corrected chi connectivity index (χ0v) is 13.7. The maximum absolute atomic E-state index is 4.22. The van der Waals surface area contributed by atoms with Crippen molar-refractivity contribution in [2.24, 2.45) is 0 Å². The molecule has 0 spiro atoms. The molecule has 0 N–H and O–H groups in total. The molecule has 3 aromatic carbocycles. The Hall–Kier alpha value is -1.99. The first kappa shape index (κ1) is 15.9. The normalized spacial score (nSPS) is 12.9. The molecule has 0 bridgehead atoms. The molecule has 1 fully saturated rings. The van der Waals surface area contributed by atoms with Crippen molar-refractivity contribution in [2.75, 3.05) is 13.2 Å². The Kier molecular flexibility index (Phi) is 5.94. The fourth-order valence-electron chi connectivity index (χ4n) is 2.26. The van der Waals surface area contributed by atoms with Crippen molar-refractivity contribution in [1.29, 1.82) is 0 Å². The molecule has 1 heterocycles. The van der Waals surface area contributed by atoms with Crippen LogP contribution in [0.3, 0.4) is 0 Å². The van der Waals surface area contributed by atoms with Gasteiger partial charge in [0.2, 0.25) is 0 Å². The van der Waals surface area contributed by atoms with Gasteiger partial charge in [-0.25, -0.2) is 9.78 Å². The zero-order valence-electron chi connectivity index (χ0n) is 12.8. The minimum Gasteiger partial charge on any atom is -0.234 e. The second-order valence-corrected chi connectivity index (χ2v) is 7.21. The summed E-state index contributed by atoms with van der Waals surface area (Å²) in [4.78, 5) is 8.44. The molecule has 23 heavy (non-hydrogen) atoms. The summed E-state index contributed by atoms with van der Waals surface area (Å²) in [6.07, 6.45) is 0. The van der Waals surface area contributed by atoms with Gasteiger partial charge in [-0.05, 0) is 23.8 Å². The maximum Gasteiger partial charge on any atom is 0.109 e. The van der Waals surface area contributed by atoms with Crippen LogP contribution in [-0.4, -0.2) is 13.2 Å². The van der Waals surface area contributed by atoms with Gasteiger partial charge >= 0.3 is 0 Å². The Labute approximate surface area is 138 Å². The van der Waals surface area contributed by atoms with Crippen molar-refractivity contribution >= 4 is 23.8 Å². The highest BCUT2D eigenvalue weighted by atomic mass is 31.1. The van der Waals surface area contributed by atoms with Crippen molar-refractivity contribution in [2.45, 2.75) is 0 Å². The number of hydrogen-bond acceptors (Lipinski definition) is 2. The molecule has 3 aromatic rings. The molecule has 0 amide bonds. The molecular formula is C20H19O2P. The summed E-state index contributed by atoms with van der Waals surface area (Å²) in [5.41, 5.74) is 0. The topological polar surface area (TPSA) is 18.5 Å². The average Bonchev–Trinajstić information content (AvgIpc) is 2.57. The van der Waals surface area contributed by atoms with Crippen LogP contribution in [0.2, 0.25) is 0 Å². The second-order valence-electron chi connectivity index (χ2n) is 4.99. The van der Waals surface area contributed by atoms with Gasteiger partial charge in [-0.1, -0.05) is 91.0 Å². The van der Waals surface area contributed by atoms with Crippen LogP contribution >= 0.6 is 7.92 Å². The standard InChI is InChI=1S/C18H15P.C2H4O2/c1-4-10-16(11-5-1)19(17-12-6-2-7-13-17)18-14-8-3-9-15-18;1-2-4-3-1/h1-15H;1-2H2. The van der Waals surface area contributed by atoms with Gasteiger partial charge in [0.1, 0.15) is 13.2 Å². The van der Waals surface area contributed by atoms with Gasteiger partial charge in [-0.3, -0.25) is 0 Å². The molecule has 0 aromatic heterocycles. The third-order valence-electron chi connectivity index (χ3n) is 3.38. The summed E-state index contributed by atoms with van der Waals surface area (Å²) < 4.78 is 0. The third-order valence-corrected chi connectivity index (χ3v) is 5.82. The summed E-state index contributed by atoms with van der Waals surface area (Å²) in [5, 5.41) is 4.19. The summed E-state index contributed by atoms with van der Waals surface area (Å²) in [6.45, 7) is 1.56. The van der Waals surface area contributed by atoms with E-state index in [1.54, 1.807) is 0 Å². The van der Waals surface area contributed by atoms with Crippen molar-refractivity contribution in [3.63, 3.8) is 0 Å². The van der Waals surface area contributed by atoms with Crippen LogP contribution in [0.4, 0.5) is 0 Å². The molecule has 2 nitrogen and oxygen atoms in total. The molecule has 1 aliphatic rings. The quantitative estimate of drug-likeness (QED) is 0.543. The highest BCUT2D eigenvalue weighted by Crippen LogP contribution is 2.32. The minimum absolute atomic E-state index is 0.446. The second kappa shape index (κ2) is 8.59. The lowest BCUT2D eigenvalue weighted by atomic mass is 10.4. The van der Waals surface area contributed by atoms with Crippen LogP contribution in [0.1, 0.15) is 0 Å². The minimum atomic E-state index is -0.446. The largest absolute Gasteiger partial charge is 0.234 e. The first-order valence-electron chi connectivity index (χ1n) is 7.65. The van der Waals surface area contributed by atoms with E-state index in [1.165, 1.54) is 15.9 Å². The molecule has 116 valence electrons. The Balaban J connectivity index is 0.000000341. The molecule has 0 radical (unpaired) electrons. The number of rotatable bonds is 3. The van der Waals surface area contributed by atoms with Crippen LogP contribution < -0.4 is 15.9 Å². The van der Waals surface area contributed by atoms with E-state index in [0.29, 0.717) is 0 Å². The summed E-state index contributed by atoms with van der Waals surface area (Å²) in [6, 6.07) is 32.3. The molecule has 0 unspecified atom stereocenters. The van der Waals surface area contributed by atoms with Gasteiger partial charge in [0.15, 0.2) is 0 Å². The fraction of sp³-hybridized carbons (Fsp3) is 0.100. The van der Waals surface area contributed by atoms with Crippen molar-refractivity contribution in [3.8, 4) is 0 Å². The van der Waals surface area contributed by atoms with Crippen LogP contribution in [-0.2, 0) is 9.78 Å². The van der Waals surface area contributed by atoms with Crippen LogP contribution in [0.25, 0.3) is 0 Å². The van der Waals surface area contributed by atoms with Crippen LogP contribution in [0.5, 0.6) is 0 Å². The molecule has 3 heteroatoms. The van der Waals surface area contributed by atoms with E-state index < -0.39 is 7.92 Å². The van der Waals surface area contributed by atoms with Gasteiger partial charge in [0.25, 0.3) is 0 Å². The molecule has 1 saturated heterocycles. The van der Waals surface area contributed by atoms with E-state index in [-0.39, 0.29) is 0 Å². The van der Waals surface area contributed by atoms with E-state index in [0.717, 1.165) is 13.2 Å². The molecule has 0 atom stereocenters. The smallest absolute Gasteiger partial charge is 0.109 e. The van der Waals surface area contributed by atoms with E-state index in [2.05, 4.69) is 101 Å². The number of hydrogen-bond donors (Lipinski definition) is 0. The van der Waals surface area contributed by atoms with Gasteiger partial charge in [0.05, 0.1) is 0 Å². The van der Waals surface area contributed by atoms with E-state index in [4.69, 9.17) is 0 Å². The van der Waals surface area contributed by atoms with Gasteiger partial charge in [-0.15, -0.1) is 0 Å². The zero-order chi connectivity index (χ0) is 15.7. The fourth-order valence-corrected chi connectivity index (χ4v) is 4.57. The average molecular weight is 322 g/mol. The molecule has 0 saturated carbocycles. The Morgan fingerprint density at radius 2 is 0.739 bits per heavy atom. The molecule has 0 aliphatic carbocycles. The maximum atomic E-state index is 4.22. The predicted molar refractivity (Wildman–Crippen MR) is 97.1 cm³/mol. The van der Waals surface area contributed by atoms with Crippen molar-refractivity contribution < 1.29 is 9.78 Å². The monoisotopic (exact) mass is 322 g/mol. The highest BCUT2D eigenvalue weighted by Gasteiger charge is 2.14. The first-order valence-corrected chi connectivity index (χ1v) is 8.99. The Bertz CT molecular complexity index is 585. The van der Waals surface area contributed by atoms with E-state index in [9.17, 15) is 0 Å². The summed E-state index contributed by atoms with van der Waals surface area (Å²) in [7, 11) is -0.446. The van der Waals surface area contributed by atoms with E-state index >= 15 is 0 Å². The third kappa shape index (κ3) is 4.49. The lowest BCUT2D eigenvalue weighted by Crippen LogP contribution is -2.20. The molecular weight excluding hydrogens is 303 g/mol. The Morgan fingerprint density at radius 1 is 0.478 bits per heavy atom. The van der Waals surface area contributed by atoms with Crippen molar-refractivity contribution in [3.05, 3.63) is 91.0 Å². The lowest BCUT2D eigenvalue weighted by molar-refractivity contribution is -0.382. The SMILES string of the molecule is C1COO1.c1ccc(P(c2ccccc2)c2ccccc2)cc1. The summed E-state index contributed by atoms with van der Waals surface area (Å²) >= 11 is 0. The Morgan fingerprint density at radius 3 is 0.957 bits per heavy atom. The van der Waals surface area contributed by atoms with Crippen LogP contribution in [0.15, 0.2) is 91.0 Å². The van der Waals surface area contributed by atoms with Gasteiger partial charge in [0, 0.05) is 0 Å². The van der Waals surface area contributed by atoms with E-state index in [1.807, 2.05) is 0 Å².